The molecule has 3 heterocycles. The second-order valence-corrected chi connectivity index (χ2v) is 10.3. The van der Waals surface area contributed by atoms with E-state index in [-0.39, 0.29) is 11.8 Å². The van der Waals surface area contributed by atoms with Gasteiger partial charge in [0.2, 0.25) is 0 Å². The lowest BCUT2D eigenvalue weighted by atomic mass is 9.72. The Hall–Kier alpha value is -2.21. The number of piperazine rings is 1. The van der Waals surface area contributed by atoms with Gasteiger partial charge in [0.05, 0.1) is 4.88 Å². The van der Waals surface area contributed by atoms with Crippen molar-refractivity contribution in [1.29, 1.82) is 0 Å². The Bertz CT molecular complexity index is 893. The molecule has 1 unspecified atom stereocenters. The summed E-state index contributed by atoms with van der Waals surface area (Å²) in [6, 6.07) is 7.49. The van der Waals surface area contributed by atoms with Crippen LogP contribution < -0.4 is 0 Å². The molecule has 29 heavy (non-hydrogen) atoms. The molecule has 4 rings (SSSR count). The number of pyridine rings is 1. The van der Waals surface area contributed by atoms with Gasteiger partial charge in [0.1, 0.15) is 5.69 Å². The Balaban J connectivity index is 1.38. The molecule has 1 atom stereocenters. The highest BCUT2D eigenvalue weighted by Gasteiger charge is 2.32. The van der Waals surface area contributed by atoms with Crippen LogP contribution in [0.3, 0.4) is 0 Å². The van der Waals surface area contributed by atoms with Crippen molar-refractivity contribution >= 4 is 23.2 Å². The number of thiophene rings is 1. The van der Waals surface area contributed by atoms with Gasteiger partial charge in [0.15, 0.2) is 0 Å². The van der Waals surface area contributed by atoms with E-state index >= 15 is 0 Å². The molecule has 1 aliphatic heterocycles. The second kappa shape index (κ2) is 7.90. The number of amides is 2. The quantitative estimate of drug-likeness (QED) is 0.753. The zero-order chi connectivity index (χ0) is 20.6. The highest BCUT2D eigenvalue weighted by Crippen LogP contribution is 2.40. The number of hydrogen-bond donors (Lipinski definition) is 0. The van der Waals surface area contributed by atoms with Crippen LogP contribution in [0.5, 0.6) is 0 Å². The molecule has 1 aliphatic carbocycles. The predicted molar refractivity (Wildman–Crippen MR) is 115 cm³/mol. The molecule has 2 amide bonds. The smallest absolute Gasteiger partial charge is 0.272 e. The molecular formula is C23H29N3O2S. The van der Waals surface area contributed by atoms with Crippen LogP contribution in [0.4, 0.5) is 0 Å². The third kappa shape index (κ3) is 4.22. The summed E-state index contributed by atoms with van der Waals surface area (Å²) in [7, 11) is 0. The van der Waals surface area contributed by atoms with Gasteiger partial charge in [-0.15, -0.1) is 11.3 Å². The molecule has 1 fully saturated rings. The van der Waals surface area contributed by atoms with E-state index in [0.717, 1.165) is 17.7 Å². The number of fused-ring (bicyclic) bond motifs is 1. The normalized spacial score (nSPS) is 19.8. The Morgan fingerprint density at radius 2 is 1.76 bits per heavy atom. The zero-order valence-corrected chi connectivity index (χ0v) is 18.3. The minimum Gasteiger partial charge on any atom is -0.334 e. The summed E-state index contributed by atoms with van der Waals surface area (Å²) in [5.74, 6) is 0.729. The molecule has 1 saturated heterocycles. The SMILES string of the molecule is CC(C)(C)C1CCc2sc(C(=O)N3CCN(C(=O)c4ccccn4)CC3)cc2C1. The number of hydrogen-bond acceptors (Lipinski definition) is 4. The molecule has 2 aromatic rings. The van der Waals surface area contributed by atoms with E-state index in [9.17, 15) is 9.59 Å². The lowest BCUT2D eigenvalue weighted by molar-refractivity contribution is 0.0535. The van der Waals surface area contributed by atoms with Gasteiger partial charge in [-0.2, -0.15) is 0 Å². The molecule has 0 radical (unpaired) electrons. The Labute approximate surface area is 176 Å². The van der Waals surface area contributed by atoms with Crippen molar-refractivity contribution in [2.75, 3.05) is 26.2 Å². The molecule has 154 valence electrons. The zero-order valence-electron chi connectivity index (χ0n) is 17.5. The maximum atomic E-state index is 13.1. The molecule has 0 spiro atoms. The molecule has 0 saturated carbocycles. The van der Waals surface area contributed by atoms with Crippen molar-refractivity contribution in [3.8, 4) is 0 Å². The third-order valence-corrected chi connectivity index (χ3v) is 7.48. The van der Waals surface area contributed by atoms with Crippen LogP contribution in [0.1, 0.15) is 57.8 Å². The Morgan fingerprint density at radius 1 is 1.07 bits per heavy atom. The molecule has 2 aliphatic rings. The van der Waals surface area contributed by atoms with Gasteiger partial charge in [0.25, 0.3) is 11.8 Å². The first-order chi connectivity index (χ1) is 13.8. The van der Waals surface area contributed by atoms with Gasteiger partial charge >= 0.3 is 0 Å². The lowest BCUT2D eigenvalue weighted by Crippen LogP contribution is -2.50. The van der Waals surface area contributed by atoms with Gasteiger partial charge in [-0.05, 0) is 54.4 Å². The van der Waals surface area contributed by atoms with Crippen LogP contribution in [0.25, 0.3) is 0 Å². The maximum absolute atomic E-state index is 13.1. The minimum absolute atomic E-state index is 0.0579. The molecule has 0 N–H and O–H groups in total. The van der Waals surface area contributed by atoms with Crippen molar-refractivity contribution in [1.82, 2.24) is 14.8 Å². The number of aromatic nitrogens is 1. The highest BCUT2D eigenvalue weighted by atomic mass is 32.1. The van der Waals surface area contributed by atoms with Crippen LogP contribution in [-0.2, 0) is 12.8 Å². The van der Waals surface area contributed by atoms with E-state index in [1.807, 2.05) is 11.0 Å². The lowest BCUT2D eigenvalue weighted by Gasteiger charge is -2.34. The van der Waals surface area contributed by atoms with Gasteiger partial charge < -0.3 is 9.80 Å². The number of rotatable bonds is 2. The van der Waals surface area contributed by atoms with Gasteiger partial charge in [-0.3, -0.25) is 14.6 Å². The standard InChI is InChI=1S/C23H29N3O2S/c1-23(2,3)17-7-8-19-16(14-17)15-20(29-19)22(28)26-12-10-25(11-13-26)21(27)18-6-4-5-9-24-18/h4-6,9,15,17H,7-8,10-14H2,1-3H3. The van der Waals surface area contributed by atoms with Crippen molar-refractivity contribution in [2.45, 2.75) is 40.0 Å². The van der Waals surface area contributed by atoms with Crippen LogP contribution in [0, 0.1) is 11.3 Å². The second-order valence-electron chi connectivity index (χ2n) is 9.16. The Morgan fingerprint density at radius 3 is 2.38 bits per heavy atom. The molecule has 6 heteroatoms. The average molecular weight is 412 g/mol. The van der Waals surface area contributed by atoms with Crippen molar-refractivity contribution in [3.05, 3.63) is 51.5 Å². The van der Waals surface area contributed by atoms with Crippen LogP contribution in [-0.4, -0.2) is 52.8 Å². The molecular weight excluding hydrogens is 382 g/mol. The monoisotopic (exact) mass is 411 g/mol. The van der Waals surface area contributed by atoms with Gasteiger partial charge in [-0.1, -0.05) is 26.8 Å². The first kappa shape index (κ1) is 20.1. The fourth-order valence-corrected chi connectivity index (χ4v) is 5.46. The number of carbonyl (C=O) groups excluding carboxylic acids is 2. The van der Waals surface area contributed by atoms with E-state index < -0.39 is 0 Å². The predicted octanol–water partition coefficient (Wildman–Crippen LogP) is 3.89. The van der Waals surface area contributed by atoms with E-state index in [1.165, 1.54) is 16.9 Å². The molecule has 0 bridgehead atoms. The van der Waals surface area contributed by atoms with E-state index in [1.54, 1.807) is 34.6 Å². The third-order valence-electron chi connectivity index (χ3n) is 6.26. The maximum Gasteiger partial charge on any atom is 0.272 e. The molecule has 2 aromatic heterocycles. The summed E-state index contributed by atoms with van der Waals surface area (Å²) in [4.78, 5) is 35.7. The van der Waals surface area contributed by atoms with E-state index in [0.29, 0.717) is 43.2 Å². The van der Waals surface area contributed by atoms with Crippen LogP contribution in [0.2, 0.25) is 0 Å². The number of aryl methyl sites for hydroxylation is 1. The van der Waals surface area contributed by atoms with Gasteiger partial charge in [0, 0.05) is 37.3 Å². The van der Waals surface area contributed by atoms with Crippen molar-refractivity contribution < 1.29 is 9.59 Å². The fourth-order valence-electron chi connectivity index (χ4n) is 4.29. The molecule has 5 nitrogen and oxygen atoms in total. The average Bonchev–Trinajstić information content (AvgIpc) is 3.16. The van der Waals surface area contributed by atoms with Crippen molar-refractivity contribution in [2.24, 2.45) is 11.3 Å². The topological polar surface area (TPSA) is 53.5 Å². The Kier molecular flexibility index (Phi) is 5.47. The van der Waals surface area contributed by atoms with E-state index in [4.69, 9.17) is 0 Å². The summed E-state index contributed by atoms with van der Waals surface area (Å²) in [5, 5.41) is 0. The number of nitrogens with zero attached hydrogens (tertiary/aromatic N) is 3. The number of carbonyl (C=O) groups is 2. The highest BCUT2D eigenvalue weighted by molar-refractivity contribution is 7.14. The summed E-state index contributed by atoms with van der Waals surface area (Å²) in [5.41, 5.74) is 2.14. The van der Waals surface area contributed by atoms with Crippen LogP contribution >= 0.6 is 11.3 Å². The minimum atomic E-state index is -0.0579. The van der Waals surface area contributed by atoms with Crippen molar-refractivity contribution in [3.63, 3.8) is 0 Å². The molecule has 0 aromatic carbocycles. The van der Waals surface area contributed by atoms with Gasteiger partial charge in [-0.25, -0.2) is 0 Å². The summed E-state index contributed by atoms with van der Waals surface area (Å²) >= 11 is 1.67. The largest absolute Gasteiger partial charge is 0.334 e. The fraction of sp³-hybridized carbons (Fsp3) is 0.522. The van der Waals surface area contributed by atoms with Crippen LogP contribution in [0.15, 0.2) is 30.5 Å². The summed E-state index contributed by atoms with van der Waals surface area (Å²) in [6.07, 6.45) is 5.01. The first-order valence-electron chi connectivity index (χ1n) is 10.4. The van der Waals surface area contributed by atoms with E-state index in [2.05, 4.69) is 31.8 Å². The summed E-state index contributed by atoms with van der Waals surface area (Å²) < 4.78 is 0. The first-order valence-corrected chi connectivity index (χ1v) is 11.3. The summed E-state index contributed by atoms with van der Waals surface area (Å²) in [6.45, 7) is 9.19.